The number of aliphatic hydroxyl groups excluding tert-OH is 3. The fourth-order valence-corrected chi connectivity index (χ4v) is 7.80. The minimum absolute atomic E-state index is 0.0145. The van der Waals surface area contributed by atoms with Crippen molar-refractivity contribution in [1.82, 2.24) is 10.6 Å². The van der Waals surface area contributed by atoms with Crippen LogP contribution in [0.1, 0.15) is 32.6 Å². The molecule has 204 valence electrons. The van der Waals surface area contributed by atoms with Crippen molar-refractivity contribution in [2.75, 3.05) is 13.2 Å². The Kier molecular flexibility index (Phi) is 7.42. The van der Waals surface area contributed by atoms with E-state index in [-0.39, 0.29) is 65.7 Å². The van der Waals surface area contributed by atoms with Gasteiger partial charge in [0.15, 0.2) is 11.6 Å². The molecule has 2 bridgehead atoms. The van der Waals surface area contributed by atoms with Crippen LogP contribution in [0, 0.1) is 47.3 Å². The van der Waals surface area contributed by atoms with Crippen LogP contribution in [0.3, 0.4) is 0 Å². The van der Waals surface area contributed by atoms with Crippen molar-refractivity contribution < 1.29 is 34.5 Å². The van der Waals surface area contributed by atoms with Crippen molar-refractivity contribution in [3.8, 4) is 0 Å². The number of hydrogen-bond acceptors (Lipinski definition) is 7. The van der Waals surface area contributed by atoms with Crippen LogP contribution in [0.15, 0.2) is 47.8 Å². The number of hydrogen-bond donors (Lipinski definition) is 5. The summed E-state index contributed by atoms with van der Waals surface area (Å²) in [6, 6.07) is -1.17. The summed E-state index contributed by atoms with van der Waals surface area (Å²) < 4.78 is 0. The lowest BCUT2D eigenvalue weighted by Crippen LogP contribution is -2.42. The van der Waals surface area contributed by atoms with Crippen molar-refractivity contribution in [2.24, 2.45) is 47.3 Å². The largest absolute Gasteiger partial charge is 0.507 e. The number of fused-ring (bicyclic) bond motifs is 7. The molecular formula is C29H36N2O7. The van der Waals surface area contributed by atoms with E-state index in [4.69, 9.17) is 0 Å². The third-order valence-electron chi connectivity index (χ3n) is 9.48. The Morgan fingerprint density at radius 1 is 1.03 bits per heavy atom. The zero-order valence-corrected chi connectivity index (χ0v) is 21.5. The Balaban J connectivity index is 1.46. The van der Waals surface area contributed by atoms with E-state index in [0.29, 0.717) is 18.3 Å². The number of nitrogens with one attached hydrogen (secondary N) is 2. The molecule has 3 aliphatic carbocycles. The topological polar surface area (TPSA) is 153 Å². The number of carbonyl (C=O) groups is 4. The molecule has 38 heavy (non-hydrogen) atoms. The lowest BCUT2D eigenvalue weighted by Gasteiger charge is -2.35. The van der Waals surface area contributed by atoms with E-state index >= 15 is 0 Å². The number of allylic oxidation sites excluding steroid dienone is 5. The fourth-order valence-electron chi connectivity index (χ4n) is 7.80. The van der Waals surface area contributed by atoms with Gasteiger partial charge < -0.3 is 26.0 Å². The summed E-state index contributed by atoms with van der Waals surface area (Å²) in [4.78, 5) is 50.2. The van der Waals surface area contributed by atoms with Crippen LogP contribution in [0.5, 0.6) is 0 Å². The highest BCUT2D eigenvalue weighted by Gasteiger charge is 2.53. The molecule has 0 aromatic carbocycles. The smallest absolute Gasteiger partial charge is 0.259 e. The monoisotopic (exact) mass is 524 g/mol. The Bertz CT molecular complexity index is 1140. The van der Waals surface area contributed by atoms with Gasteiger partial charge in [0.05, 0.1) is 6.10 Å². The lowest BCUT2D eigenvalue weighted by atomic mass is 9.69. The molecule has 9 nitrogen and oxygen atoms in total. The number of rotatable bonds is 2. The van der Waals surface area contributed by atoms with Gasteiger partial charge >= 0.3 is 0 Å². The molecule has 2 amide bonds. The summed E-state index contributed by atoms with van der Waals surface area (Å²) in [6.45, 7) is 1.76. The minimum Gasteiger partial charge on any atom is -0.507 e. The normalized spacial score (nSPS) is 44.6. The van der Waals surface area contributed by atoms with E-state index < -0.39 is 36.2 Å². The first-order chi connectivity index (χ1) is 18.2. The SMILES string of the molecule is C[C@@H]1C[C@H]2[C@@H](C=C[C@@H]3[C@H]4C/C=C\C(=O)NCC[C@H](O)[C@@H]5NC(=O)/C(=C(O)/C=C/[C@@H]4C[C@@H]32)C5=O)[C@@H]1C(=O)CO. The maximum atomic E-state index is 12.8. The summed E-state index contributed by atoms with van der Waals surface area (Å²) in [7, 11) is 0. The second-order valence-corrected chi connectivity index (χ2v) is 11.5. The molecule has 0 spiro atoms. The van der Waals surface area contributed by atoms with Gasteiger partial charge in [-0.15, -0.1) is 0 Å². The minimum atomic E-state index is -1.20. The van der Waals surface area contributed by atoms with Gasteiger partial charge in [-0.3, -0.25) is 19.2 Å². The molecule has 2 heterocycles. The van der Waals surface area contributed by atoms with Crippen molar-refractivity contribution in [2.45, 2.75) is 44.8 Å². The third kappa shape index (κ3) is 4.66. The summed E-state index contributed by atoms with van der Waals surface area (Å²) in [5.74, 6) is -1.13. The van der Waals surface area contributed by atoms with E-state index in [1.54, 1.807) is 0 Å². The number of aliphatic hydroxyl groups is 3. The van der Waals surface area contributed by atoms with E-state index in [1.165, 1.54) is 12.2 Å². The predicted molar refractivity (Wildman–Crippen MR) is 137 cm³/mol. The van der Waals surface area contributed by atoms with Gasteiger partial charge in [-0.05, 0) is 79.3 Å². The van der Waals surface area contributed by atoms with Crippen LogP contribution in [0.2, 0.25) is 0 Å². The number of carbonyl (C=O) groups excluding carboxylic acids is 4. The fraction of sp³-hybridized carbons (Fsp3) is 0.586. The van der Waals surface area contributed by atoms with Gasteiger partial charge in [0.2, 0.25) is 5.91 Å². The van der Waals surface area contributed by atoms with Crippen LogP contribution >= 0.6 is 0 Å². The molecule has 2 aliphatic heterocycles. The van der Waals surface area contributed by atoms with Crippen molar-refractivity contribution in [1.29, 1.82) is 0 Å². The van der Waals surface area contributed by atoms with Crippen LogP contribution in [-0.4, -0.2) is 64.0 Å². The zero-order chi connectivity index (χ0) is 27.1. The van der Waals surface area contributed by atoms with E-state index in [2.05, 4.69) is 29.7 Å². The summed E-state index contributed by atoms with van der Waals surface area (Å²) in [6.07, 6.45) is 12.2. The highest BCUT2D eigenvalue weighted by atomic mass is 16.3. The summed E-state index contributed by atoms with van der Waals surface area (Å²) in [5.41, 5.74) is -0.358. The molecule has 3 fully saturated rings. The van der Waals surface area contributed by atoms with Crippen molar-refractivity contribution >= 4 is 23.4 Å². The van der Waals surface area contributed by atoms with Gasteiger partial charge in [-0.2, -0.15) is 0 Å². The molecule has 5 aliphatic rings. The van der Waals surface area contributed by atoms with Gasteiger partial charge in [0.25, 0.3) is 5.91 Å². The van der Waals surface area contributed by atoms with E-state index in [1.807, 2.05) is 12.2 Å². The molecule has 10 atom stereocenters. The first kappa shape index (κ1) is 26.6. The highest BCUT2D eigenvalue weighted by Crippen LogP contribution is 2.58. The average molecular weight is 525 g/mol. The molecule has 0 radical (unpaired) electrons. The molecule has 0 aromatic heterocycles. The molecule has 5 rings (SSSR count). The van der Waals surface area contributed by atoms with Crippen molar-refractivity contribution in [3.63, 3.8) is 0 Å². The van der Waals surface area contributed by atoms with E-state index in [0.717, 1.165) is 12.8 Å². The Hall–Kier alpha value is -3.04. The molecular weight excluding hydrogens is 488 g/mol. The molecule has 0 aromatic rings. The van der Waals surface area contributed by atoms with E-state index in [9.17, 15) is 34.5 Å². The van der Waals surface area contributed by atoms with Crippen LogP contribution in [-0.2, 0) is 19.2 Å². The van der Waals surface area contributed by atoms with Crippen LogP contribution in [0.25, 0.3) is 0 Å². The van der Waals surface area contributed by atoms with Crippen LogP contribution in [0.4, 0.5) is 0 Å². The standard InChI is InChI=1S/C29H36N2O7/c1-14-11-19-18(25(14)23(35)13-32)7-6-17-16-3-2-4-24(36)30-10-9-22(34)27-28(37)26(29(38)31-27)21(33)8-5-15(16)12-20(17)19/h2,4-8,14-20,22,25,27,32-34H,3,9-13H2,1H3,(H,30,36)(H,31,38)/b4-2-,8-5+,26-21-/t14-,15-,16+,17-,18-,19+,20+,22+,25-,27+/m1/s1. The summed E-state index contributed by atoms with van der Waals surface area (Å²) >= 11 is 0. The maximum absolute atomic E-state index is 12.8. The van der Waals surface area contributed by atoms with Crippen LogP contribution < -0.4 is 10.6 Å². The third-order valence-corrected chi connectivity index (χ3v) is 9.48. The second-order valence-electron chi connectivity index (χ2n) is 11.5. The number of Topliss-reactive ketones (excluding diaryl/α,β-unsaturated/α-hetero) is 2. The molecule has 0 unspecified atom stereocenters. The van der Waals surface area contributed by atoms with Gasteiger partial charge in [-0.1, -0.05) is 31.2 Å². The Labute approximate surface area is 221 Å². The Morgan fingerprint density at radius 2 is 1.76 bits per heavy atom. The maximum Gasteiger partial charge on any atom is 0.259 e. The molecule has 5 N–H and O–H groups in total. The average Bonchev–Trinajstić information content (AvgIpc) is 3.51. The lowest BCUT2D eigenvalue weighted by molar-refractivity contribution is -0.127. The number of amides is 2. The highest BCUT2D eigenvalue weighted by molar-refractivity contribution is 6.27. The second kappa shape index (κ2) is 10.6. The Morgan fingerprint density at radius 3 is 2.53 bits per heavy atom. The molecule has 9 heteroatoms. The first-order valence-corrected chi connectivity index (χ1v) is 13.6. The molecule has 1 saturated heterocycles. The predicted octanol–water partition coefficient (Wildman–Crippen LogP) is 1.14. The number of ketones is 2. The molecule has 2 saturated carbocycles. The van der Waals surface area contributed by atoms with Gasteiger partial charge in [-0.25, -0.2) is 0 Å². The quantitative estimate of drug-likeness (QED) is 0.268. The first-order valence-electron chi connectivity index (χ1n) is 13.6. The van der Waals surface area contributed by atoms with Gasteiger partial charge in [0, 0.05) is 12.5 Å². The zero-order valence-electron chi connectivity index (χ0n) is 21.5. The van der Waals surface area contributed by atoms with Gasteiger partial charge in [0.1, 0.15) is 24.0 Å². The van der Waals surface area contributed by atoms with Crippen molar-refractivity contribution in [3.05, 3.63) is 47.8 Å². The summed E-state index contributed by atoms with van der Waals surface area (Å²) in [5, 5.41) is 35.8.